The van der Waals surface area contributed by atoms with Crippen LogP contribution in [0.25, 0.3) is 21.5 Å². The monoisotopic (exact) mass is 391 g/mol. The summed E-state index contributed by atoms with van der Waals surface area (Å²) in [5.74, 6) is 0.877. The van der Waals surface area contributed by atoms with E-state index in [1.54, 1.807) is 0 Å². The van der Waals surface area contributed by atoms with E-state index in [0.29, 0.717) is 12.1 Å². The summed E-state index contributed by atoms with van der Waals surface area (Å²) < 4.78 is 0. The maximum atomic E-state index is 10.2. The normalized spacial score (nSPS) is 26.2. The van der Waals surface area contributed by atoms with Gasteiger partial charge in [-0.15, -0.1) is 11.3 Å². The molecule has 28 heavy (non-hydrogen) atoms. The molecule has 144 valence electrons. The van der Waals surface area contributed by atoms with Crippen molar-refractivity contribution in [3.63, 3.8) is 0 Å². The minimum atomic E-state index is -0.167. The molecule has 1 aromatic carbocycles. The minimum absolute atomic E-state index is 0.167. The van der Waals surface area contributed by atoms with Crippen LogP contribution in [0.5, 0.6) is 0 Å². The van der Waals surface area contributed by atoms with Gasteiger partial charge in [-0.2, -0.15) is 0 Å². The molecule has 3 aromatic rings. The van der Waals surface area contributed by atoms with Crippen LogP contribution < -0.4 is 4.90 Å². The Morgan fingerprint density at radius 2 is 1.79 bits per heavy atom. The maximum Gasteiger partial charge on any atom is 0.227 e. The summed E-state index contributed by atoms with van der Waals surface area (Å²) in [6, 6.07) is 9.52. The number of aliphatic hydroxyl groups excluding tert-OH is 1. The quantitative estimate of drug-likeness (QED) is 0.691. The van der Waals surface area contributed by atoms with E-state index in [1.165, 1.54) is 39.8 Å². The number of piperidine rings is 1. The molecule has 0 radical (unpaired) electrons. The van der Waals surface area contributed by atoms with Gasteiger partial charge in [-0.05, 0) is 57.4 Å². The molecule has 0 saturated carbocycles. The summed E-state index contributed by atoms with van der Waals surface area (Å²) in [4.78, 5) is 15.3. The van der Waals surface area contributed by atoms with Crippen molar-refractivity contribution >= 4 is 27.5 Å². The first kappa shape index (κ1) is 16.9. The molecule has 2 aromatic heterocycles. The minimum Gasteiger partial charge on any atom is -0.393 e. The van der Waals surface area contributed by atoms with Crippen LogP contribution in [0.1, 0.15) is 48.1 Å². The number of fused-ring (bicyclic) bond motifs is 5. The summed E-state index contributed by atoms with van der Waals surface area (Å²) in [6.07, 6.45) is 7.39. The van der Waals surface area contributed by atoms with Gasteiger partial charge in [0, 0.05) is 27.9 Å². The number of hydrogen-bond acceptors (Lipinski definition) is 5. The van der Waals surface area contributed by atoms with Crippen LogP contribution in [0.15, 0.2) is 24.3 Å². The number of aromatic nitrogens is 2. The highest BCUT2D eigenvalue weighted by Gasteiger charge is 2.42. The Morgan fingerprint density at radius 1 is 1.04 bits per heavy atom. The fourth-order valence-electron chi connectivity index (χ4n) is 5.50. The van der Waals surface area contributed by atoms with Crippen LogP contribution in [0.4, 0.5) is 5.95 Å². The molecule has 1 N–H and O–H groups in total. The van der Waals surface area contributed by atoms with Crippen LogP contribution in [0.2, 0.25) is 0 Å². The Labute approximate surface area is 169 Å². The first-order valence-electron chi connectivity index (χ1n) is 10.5. The predicted octanol–water partition coefficient (Wildman–Crippen LogP) is 4.65. The summed E-state index contributed by atoms with van der Waals surface area (Å²) in [5.41, 5.74) is 5.05. The van der Waals surface area contributed by atoms with E-state index in [-0.39, 0.29) is 6.10 Å². The van der Waals surface area contributed by atoms with E-state index in [4.69, 9.17) is 9.97 Å². The number of hydrogen-bond donors (Lipinski definition) is 1. The molecular formula is C23H25N3OS. The first-order chi connectivity index (χ1) is 13.7. The van der Waals surface area contributed by atoms with Gasteiger partial charge in [-0.1, -0.05) is 29.8 Å². The van der Waals surface area contributed by atoms with Crippen molar-refractivity contribution in [3.05, 3.63) is 40.3 Å². The van der Waals surface area contributed by atoms with Crippen LogP contribution in [-0.4, -0.2) is 33.3 Å². The molecule has 4 heterocycles. The number of aliphatic hydroxyl groups is 1. The van der Waals surface area contributed by atoms with Gasteiger partial charge in [-0.3, -0.25) is 0 Å². The third-order valence-corrected chi connectivity index (χ3v) is 8.00. The molecule has 1 aliphatic carbocycles. The largest absolute Gasteiger partial charge is 0.393 e. The second-order valence-electron chi connectivity index (χ2n) is 8.69. The fourth-order valence-corrected chi connectivity index (χ4v) is 6.75. The first-order valence-corrected chi connectivity index (χ1v) is 11.3. The van der Waals surface area contributed by atoms with Gasteiger partial charge in [0.05, 0.1) is 11.8 Å². The van der Waals surface area contributed by atoms with Gasteiger partial charge in [0.1, 0.15) is 4.83 Å². The number of nitrogens with zero attached hydrogens (tertiary/aromatic N) is 3. The van der Waals surface area contributed by atoms with E-state index in [9.17, 15) is 5.11 Å². The number of rotatable bonds is 2. The average molecular weight is 392 g/mol. The molecule has 0 spiro atoms. The Balaban J connectivity index is 1.55. The zero-order chi connectivity index (χ0) is 18.8. The number of anilines is 1. The lowest BCUT2D eigenvalue weighted by Gasteiger charge is -2.37. The smallest absolute Gasteiger partial charge is 0.227 e. The van der Waals surface area contributed by atoms with Gasteiger partial charge in [0.25, 0.3) is 0 Å². The Morgan fingerprint density at radius 3 is 2.54 bits per heavy atom. The van der Waals surface area contributed by atoms with E-state index >= 15 is 0 Å². The highest BCUT2D eigenvalue weighted by molar-refractivity contribution is 7.19. The van der Waals surface area contributed by atoms with Crippen molar-refractivity contribution in [2.24, 2.45) is 0 Å². The number of aryl methyl sites for hydroxylation is 3. The Hall–Kier alpha value is -1.98. The van der Waals surface area contributed by atoms with Gasteiger partial charge >= 0.3 is 0 Å². The summed E-state index contributed by atoms with van der Waals surface area (Å²) in [7, 11) is 0. The highest BCUT2D eigenvalue weighted by Crippen LogP contribution is 2.44. The van der Waals surface area contributed by atoms with E-state index < -0.39 is 0 Å². The molecule has 6 rings (SSSR count). The standard InChI is InChI=1S/C23H25N3OS/c1-13-5-7-14(8-6-13)21-20-18-3-2-4-19(18)28-22(20)25-23(24-21)26-15-9-10-16(26)12-17(27)11-15/h5-8,15-17,27H,2-4,9-12H2,1H3. The molecule has 2 bridgehead atoms. The Bertz CT molecular complexity index is 1040. The summed E-state index contributed by atoms with van der Waals surface area (Å²) in [5, 5.41) is 11.5. The maximum absolute atomic E-state index is 10.2. The molecule has 2 saturated heterocycles. The third kappa shape index (κ3) is 2.52. The fraction of sp³-hybridized carbons (Fsp3) is 0.478. The second-order valence-corrected chi connectivity index (χ2v) is 9.78. The lowest BCUT2D eigenvalue weighted by atomic mass is 10.0. The molecule has 4 nitrogen and oxygen atoms in total. The zero-order valence-electron chi connectivity index (χ0n) is 16.2. The molecule has 2 unspecified atom stereocenters. The van der Waals surface area contributed by atoms with Crippen molar-refractivity contribution in [1.29, 1.82) is 0 Å². The van der Waals surface area contributed by atoms with Gasteiger partial charge in [0.15, 0.2) is 0 Å². The van der Waals surface area contributed by atoms with Crippen molar-refractivity contribution in [2.45, 2.75) is 70.1 Å². The van der Waals surface area contributed by atoms with Gasteiger partial charge in [0.2, 0.25) is 5.95 Å². The van der Waals surface area contributed by atoms with Crippen LogP contribution in [0.3, 0.4) is 0 Å². The van der Waals surface area contributed by atoms with Crippen LogP contribution in [-0.2, 0) is 12.8 Å². The summed E-state index contributed by atoms with van der Waals surface area (Å²) in [6.45, 7) is 2.13. The third-order valence-electron chi connectivity index (χ3n) is 6.82. The molecule has 5 heteroatoms. The average Bonchev–Trinajstić information content (AvgIpc) is 3.33. The van der Waals surface area contributed by atoms with Crippen molar-refractivity contribution in [1.82, 2.24) is 9.97 Å². The predicted molar refractivity (Wildman–Crippen MR) is 114 cm³/mol. The Kier molecular flexibility index (Phi) is 3.78. The molecule has 3 aliphatic rings. The molecule has 2 fully saturated rings. The highest BCUT2D eigenvalue weighted by atomic mass is 32.1. The van der Waals surface area contributed by atoms with E-state index in [0.717, 1.165) is 48.6 Å². The number of thiophene rings is 1. The second kappa shape index (κ2) is 6.26. The van der Waals surface area contributed by atoms with Crippen molar-refractivity contribution in [3.8, 4) is 11.3 Å². The van der Waals surface area contributed by atoms with Crippen LogP contribution in [0, 0.1) is 6.92 Å². The lowest BCUT2D eigenvalue weighted by Crippen LogP contribution is -2.45. The molecule has 2 atom stereocenters. The molecular weight excluding hydrogens is 366 g/mol. The molecule has 0 amide bonds. The van der Waals surface area contributed by atoms with Crippen molar-refractivity contribution < 1.29 is 5.11 Å². The number of benzene rings is 1. The van der Waals surface area contributed by atoms with Crippen molar-refractivity contribution in [2.75, 3.05) is 4.90 Å². The van der Waals surface area contributed by atoms with E-state index in [2.05, 4.69) is 36.1 Å². The lowest BCUT2D eigenvalue weighted by molar-refractivity contribution is 0.125. The van der Waals surface area contributed by atoms with Crippen LogP contribution >= 0.6 is 11.3 Å². The van der Waals surface area contributed by atoms with E-state index in [1.807, 2.05) is 11.3 Å². The zero-order valence-corrected chi connectivity index (χ0v) is 17.0. The SMILES string of the molecule is Cc1ccc(-c2nc(N3C4CCC3CC(O)C4)nc3sc4c(c23)CCC4)cc1. The summed E-state index contributed by atoms with van der Waals surface area (Å²) >= 11 is 1.87. The van der Waals surface area contributed by atoms with Gasteiger partial charge < -0.3 is 10.0 Å². The molecule has 2 aliphatic heterocycles. The van der Waals surface area contributed by atoms with Gasteiger partial charge in [-0.25, -0.2) is 9.97 Å². The topological polar surface area (TPSA) is 49.2 Å².